The third kappa shape index (κ3) is 3.92. The Kier molecular flexibility index (Phi) is 4.94. The number of hydrogen-bond acceptors (Lipinski definition) is 1. The van der Waals surface area contributed by atoms with Crippen LogP contribution in [0.5, 0.6) is 0 Å². The summed E-state index contributed by atoms with van der Waals surface area (Å²) in [7, 11) is 0. The van der Waals surface area contributed by atoms with Gasteiger partial charge in [-0.25, -0.2) is 4.98 Å². The molecule has 0 aliphatic rings. The van der Waals surface area contributed by atoms with Gasteiger partial charge in [-0.1, -0.05) is 71.0 Å². The van der Waals surface area contributed by atoms with Crippen LogP contribution in [-0.4, -0.2) is 4.98 Å². The number of pyridine rings is 1. The Morgan fingerprint density at radius 3 is 2.34 bits per heavy atom. The molecule has 0 spiro atoms. The van der Waals surface area contributed by atoms with Gasteiger partial charge in [0.1, 0.15) is 0 Å². The lowest BCUT2D eigenvalue weighted by Crippen LogP contribution is -2.12. The van der Waals surface area contributed by atoms with Crippen LogP contribution in [0.2, 0.25) is 0 Å². The molecule has 0 aliphatic heterocycles. The van der Waals surface area contributed by atoms with Crippen molar-refractivity contribution in [2.24, 2.45) is 5.92 Å². The van der Waals surface area contributed by atoms with Crippen LogP contribution in [0, 0.1) is 12.8 Å². The molecule has 0 saturated carbocycles. The summed E-state index contributed by atoms with van der Waals surface area (Å²) in [5.74, 6) is 0.608. The zero-order valence-corrected chi connectivity index (χ0v) is 18.5. The molecular weight excluding hydrogens is 350 g/mol. The standard InChI is InChI=1S/C28H31N/c1-18(2)13-21-17-26(29-27-14-19(3)11-12-24(21)27)22-15-20-9-7-8-10-23(20)25(16-22)28(4,5)6/h7-12,14-18H,13H2,1-6H3. The molecule has 4 rings (SSSR count). The number of aromatic nitrogens is 1. The first-order valence-electron chi connectivity index (χ1n) is 10.7. The van der Waals surface area contributed by atoms with E-state index in [9.17, 15) is 0 Å². The second-order valence-electron chi connectivity index (χ2n) is 9.78. The molecule has 3 aromatic carbocycles. The van der Waals surface area contributed by atoms with E-state index in [0.29, 0.717) is 5.92 Å². The summed E-state index contributed by atoms with van der Waals surface area (Å²) >= 11 is 0. The van der Waals surface area contributed by atoms with E-state index >= 15 is 0 Å². The molecule has 1 aromatic heterocycles. The van der Waals surface area contributed by atoms with Crippen molar-refractivity contribution < 1.29 is 0 Å². The first kappa shape index (κ1) is 19.6. The highest BCUT2D eigenvalue weighted by atomic mass is 14.7. The Morgan fingerprint density at radius 1 is 0.862 bits per heavy atom. The first-order chi connectivity index (χ1) is 13.7. The Morgan fingerprint density at radius 2 is 1.62 bits per heavy atom. The van der Waals surface area contributed by atoms with Gasteiger partial charge in [0.25, 0.3) is 0 Å². The number of aryl methyl sites for hydroxylation is 1. The second-order valence-corrected chi connectivity index (χ2v) is 9.78. The highest BCUT2D eigenvalue weighted by Crippen LogP contribution is 2.35. The van der Waals surface area contributed by atoms with E-state index in [1.807, 2.05) is 0 Å². The van der Waals surface area contributed by atoms with E-state index in [1.165, 1.54) is 38.4 Å². The van der Waals surface area contributed by atoms with Gasteiger partial charge in [0.05, 0.1) is 11.2 Å². The molecule has 0 amide bonds. The summed E-state index contributed by atoms with van der Waals surface area (Å²) in [4.78, 5) is 5.10. The van der Waals surface area contributed by atoms with Crippen LogP contribution in [0.25, 0.3) is 32.9 Å². The maximum atomic E-state index is 5.10. The number of rotatable bonds is 3. The predicted octanol–water partition coefficient (Wildman–Crippen LogP) is 7.86. The number of benzene rings is 3. The fourth-order valence-electron chi connectivity index (χ4n) is 4.25. The Labute approximate surface area is 174 Å². The molecule has 4 aromatic rings. The lowest BCUT2D eigenvalue weighted by atomic mass is 9.82. The zero-order valence-electron chi connectivity index (χ0n) is 18.5. The molecule has 1 nitrogen and oxygen atoms in total. The highest BCUT2D eigenvalue weighted by Gasteiger charge is 2.19. The van der Waals surface area contributed by atoms with Gasteiger partial charge < -0.3 is 0 Å². The van der Waals surface area contributed by atoms with Crippen molar-refractivity contribution in [1.29, 1.82) is 0 Å². The van der Waals surface area contributed by atoms with E-state index in [0.717, 1.165) is 17.6 Å². The molecule has 1 heteroatoms. The summed E-state index contributed by atoms with van der Waals surface area (Å²) in [6, 6.07) is 22.3. The second kappa shape index (κ2) is 7.30. The van der Waals surface area contributed by atoms with Gasteiger partial charge in [-0.3, -0.25) is 0 Å². The Hall–Kier alpha value is -2.67. The van der Waals surface area contributed by atoms with Gasteiger partial charge >= 0.3 is 0 Å². The van der Waals surface area contributed by atoms with E-state index < -0.39 is 0 Å². The molecule has 0 fully saturated rings. The first-order valence-corrected chi connectivity index (χ1v) is 10.7. The van der Waals surface area contributed by atoms with Crippen molar-refractivity contribution in [3.8, 4) is 11.3 Å². The third-order valence-corrected chi connectivity index (χ3v) is 5.64. The minimum atomic E-state index is 0.0732. The van der Waals surface area contributed by atoms with E-state index in [2.05, 4.69) is 102 Å². The number of hydrogen-bond donors (Lipinski definition) is 0. The quantitative estimate of drug-likeness (QED) is 0.352. The summed E-state index contributed by atoms with van der Waals surface area (Å²) in [5.41, 5.74) is 7.49. The topological polar surface area (TPSA) is 12.9 Å². The third-order valence-electron chi connectivity index (χ3n) is 5.64. The molecule has 0 bridgehead atoms. The minimum Gasteiger partial charge on any atom is -0.248 e. The van der Waals surface area contributed by atoms with Gasteiger partial charge in [-0.05, 0) is 76.4 Å². The minimum absolute atomic E-state index is 0.0732. The zero-order chi connectivity index (χ0) is 20.8. The summed E-state index contributed by atoms with van der Waals surface area (Å²) in [6.07, 6.45) is 1.06. The van der Waals surface area contributed by atoms with Gasteiger partial charge in [0, 0.05) is 10.9 Å². The highest BCUT2D eigenvalue weighted by molar-refractivity contribution is 5.92. The largest absolute Gasteiger partial charge is 0.248 e. The van der Waals surface area contributed by atoms with E-state index in [1.54, 1.807) is 0 Å². The molecule has 0 aliphatic carbocycles. The fraction of sp³-hybridized carbons (Fsp3) is 0.321. The molecule has 1 heterocycles. The Balaban J connectivity index is 2.00. The van der Waals surface area contributed by atoms with Crippen molar-refractivity contribution in [3.05, 3.63) is 77.4 Å². The molecule has 0 radical (unpaired) electrons. The average Bonchev–Trinajstić information content (AvgIpc) is 2.65. The maximum absolute atomic E-state index is 5.10. The van der Waals surface area contributed by atoms with Crippen LogP contribution in [0.4, 0.5) is 0 Å². The average molecular weight is 382 g/mol. The van der Waals surface area contributed by atoms with Gasteiger partial charge in [0.15, 0.2) is 0 Å². The maximum Gasteiger partial charge on any atom is 0.0714 e. The summed E-state index contributed by atoms with van der Waals surface area (Å²) in [5, 5.41) is 3.90. The van der Waals surface area contributed by atoms with E-state index in [-0.39, 0.29) is 5.41 Å². The molecule has 0 saturated heterocycles. The SMILES string of the molecule is Cc1ccc2c(CC(C)C)cc(-c3cc(C(C)(C)C)c4ccccc4c3)nc2c1. The van der Waals surface area contributed by atoms with Gasteiger partial charge in [-0.15, -0.1) is 0 Å². The van der Waals surface area contributed by atoms with Crippen LogP contribution in [0.3, 0.4) is 0 Å². The van der Waals surface area contributed by atoms with Crippen LogP contribution >= 0.6 is 0 Å². The van der Waals surface area contributed by atoms with Crippen LogP contribution in [0.1, 0.15) is 51.3 Å². The van der Waals surface area contributed by atoms with Crippen LogP contribution < -0.4 is 0 Å². The van der Waals surface area contributed by atoms with Gasteiger partial charge in [-0.2, -0.15) is 0 Å². The molecule has 148 valence electrons. The van der Waals surface area contributed by atoms with Crippen molar-refractivity contribution in [3.63, 3.8) is 0 Å². The Bertz CT molecular complexity index is 1190. The van der Waals surface area contributed by atoms with E-state index in [4.69, 9.17) is 4.98 Å². The molecular formula is C28H31N. The number of nitrogens with zero attached hydrogens (tertiary/aromatic N) is 1. The number of fused-ring (bicyclic) bond motifs is 2. The fourth-order valence-corrected chi connectivity index (χ4v) is 4.25. The molecule has 29 heavy (non-hydrogen) atoms. The predicted molar refractivity (Wildman–Crippen MR) is 127 cm³/mol. The molecule has 0 N–H and O–H groups in total. The smallest absolute Gasteiger partial charge is 0.0714 e. The van der Waals surface area contributed by atoms with Crippen molar-refractivity contribution in [2.75, 3.05) is 0 Å². The normalized spacial score (nSPS) is 12.2. The van der Waals surface area contributed by atoms with Crippen LogP contribution in [0.15, 0.2) is 60.7 Å². The summed E-state index contributed by atoms with van der Waals surface area (Å²) in [6.45, 7) is 13.6. The molecule has 0 unspecified atom stereocenters. The lowest BCUT2D eigenvalue weighted by molar-refractivity contribution is 0.596. The molecule has 0 atom stereocenters. The van der Waals surface area contributed by atoms with Crippen molar-refractivity contribution in [1.82, 2.24) is 4.98 Å². The van der Waals surface area contributed by atoms with Gasteiger partial charge in [0.2, 0.25) is 0 Å². The summed E-state index contributed by atoms with van der Waals surface area (Å²) < 4.78 is 0. The lowest BCUT2D eigenvalue weighted by Gasteiger charge is -2.23. The van der Waals surface area contributed by atoms with Crippen molar-refractivity contribution >= 4 is 21.7 Å². The van der Waals surface area contributed by atoms with Crippen molar-refractivity contribution in [2.45, 2.75) is 53.4 Å². The van der Waals surface area contributed by atoms with Crippen LogP contribution in [-0.2, 0) is 11.8 Å². The monoisotopic (exact) mass is 381 g/mol.